The molecule has 1 unspecified atom stereocenters. The Morgan fingerprint density at radius 1 is 0.667 bits per heavy atom. The second kappa shape index (κ2) is 6.65. The number of rotatable bonds is 2. The van der Waals surface area contributed by atoms with Gasteiger partial charge >= 0.3 is 0 Å². The molecule has 30 heavy (non-hydrogen) atoms. The summed E-state index contributed by atoms with van der Waals surface area (Å²) in [5.41, 5.74) is 7.25. The molecular formula is C28H18BrN. The van der Waals surface area contributed by atoms with Crippen molar-refractivity contribution in [3.05, 3.63) is 136 Å². The number of hydrogen-bond acceptors (Lipinski definition) is 1. The lowest BCUT2D eigenvalue weighted by Gasteiger charge is -2.33. The van der Waals surface area contributed by atoms with Gasteiger partial charge in [0, 0.05) is 16.9 Å². The Kier molecular flexibility index (Phi) is 3.90. The van der Waals surface area contributed by atoms with Crippen LogP contribution in [0.1, 0.15) is 22.3 Å². The predicted molar refractivity (Wildman–Crippen MR) is 127 cm³/mol. The van der Waals surface area contributed by atoms with E-state index in [9.17, 15) is 0 Å². The van der Waals surface area contributed by atoms with Crippen molar-refractivity contribution in [3.63, 3.8) is 0 Å². The normalized spacial score (nSPS) is 17.0. The quantitative estimate of drug-likeness (QED) is 0.270. The molecule has 1 aromatic heterocycles. The Labute approximate surface area is 184 Å². The molecule has 0 N–H and O–H groups in total. The summed E-state index contributed by atoms with van der Waals surface area (Å²) >= 11 is 3.74. The predicted octanol–water partition coefficient (Wildman–Crippen LogP) is 7.36. The van der Waals surface area contributed by atoms with Crippen molar-refractivity contribution in [1.29, 1.82) is 0 Å². The molecule has 1 aliphatic carbocycles. The molecule has 6 rings (SSSR count). The van der Waals surface area contributed by atoms with Gasteiger partial charge in [0.2, 0.25) is 0 Å². The van der Waals surface area contributed by atoms with E-state index in [4.69, 9.17) is 0 Å². The highest BCUT2D eigenvalue weighted by Crippen LogP contribution is 2.57. The van der Waals surface area contributed by atoms with Crippen molar-refractivity contribution in [2.75, 3.05) is 0 Å². The lowest BCUT2D eigenvalue weighted by molar-refractivity contribution is 0.763. The zero-order chi connectivity index (χ0) is 20.1. The fraction of sp³-hybridized carbons (Fsp3) is 0.0357. The van der Waals surface area contributed by atoms with E-state index in [1.165, 1.54) is 44.2 Å². The molecule has 0 aliphatic heterocycles. The highest BCUT2D eigenvalue weighted by molar-refractivity contribution is 9.10. The lowest BCUT2D eigenvalue weighted by Crippen LogP contribution is -2.28. The number of aromatic nitrogens is 1. The molecular weight excluding hydrogens is 430 g/mol. The van der Waals surface area contributed by atoms with Crippen LogP contribution in [0.4, 0.5) is 0 Å². The van der Waals surface area contributed by atoms with Crippen LogP contribution in [0.5, 0.6) is 0 Å². The van der Waals surface area contributed by atoms with Gasteiger partial charge in [-0.3, -0.25) is 4.98 Å². The summed E-state index contributed by atoms with van der Waals surface area (Å²) in [7, 11) is 0. The third kappa shape index (κ3) is 2.31. The monoisotopic (exact) mass is 447 g/mol. The summed E-state index contributed by atoms with van der Waals surface area (Å²) in [6.07, 6.45) is 3.86. The van der Waals surface area contributed by atoms with E-state index >= 15 is 0 Å². The molecule has 142 valence electrons. The fourth-order valence-electron chi connectivity index (χ4n) is 5.13. The van der Waals surface area contributed by atoms with Crippen LogP contribution in [0.2, 0.25) is 0 Å². The Bertz CT molecular complexity index is 1350. The van der Waals surface area contributed by atoms with Gasteiger partial charge in [0.25, 0.3) is 0 Å². The molecule has 0 fully saturated rings. The van der Waals surface area contributed by atoms with Gasteiger partial charge in [-0.15, -0.1) is 0 Å². The smallest absolute Gasteiger partial charge is 0.0729 e. The van der Waals surface area contributed by atoms with Crippen molar-refractivity contribution < 1.29 is 0 Å². The van der Waals surface area contributed by atoms with Crippen LogP contribution in [-0.4, -0.2) is 4.98 Å². The van der Waals surface area contributed by atoms with Crippen molar-refractivity contribution in [1.82, 2.24) is 4.98 Å². The maximum Gasteiger partial charge on any atom is 0.0729 e. The topological polar surface area (TPSA) is 12.9 Å². The van der Waals surface area contributed by atoms with E-state index in [2.05, 4.69) is 112 Å². The summed E-state index contributed by atoms with van der Waals surface area (Å²) in [5, 5.41) is 2.56. The lowest BCUT2D eigenvalue weighted by atomic mass is 9.68. The molecule has 1 heterocycles. The third-order valence-electron chi connectivity index (χ3n) is 6.29. The van der Waals surface area contributed by atoms with Gasteiger partial charge in [-0.1, -0.05) is 94.8 Å². The second-order valence-electron chi connectivity index (χ2n) is 7.76. The van der Waals surface area contributed by atoms with E-state index in [1.54, 1.807) is 0 Å². The van der Waals surface area contributed by atoms with Crippen molar-refractivity contribution in [2.24, 2.45) is 0 Å². The van der Waals surface area contributed by atoms with Gasteiger partial charge < -0.3 is 0 Å². The van der Waals surface area contributed by atoms with E-state index < -0.39 is 5.41 Å². The fourth-order valence-corrected chi connectivity index (χ4v) is 5.49. The molecule has 0 bridgehead atoms. The summed E-state index contributed by atoms with van der Waals surface area (Å²) in [6.45, 7) is 0. The minimum atomic E-state index is -0.409. The second-order valence-corrected chi connectivity index (χ2v) is 8.67. The summed E-state index contributed by atoms with van der Waals surface area (Å²) in [5.74, 6) is 0. The van der Waals surface area contributed by atoms with Crippen molar-refractivity contribution >= 4 is 26.7 Å². The highest BCUT2D eigenvalue weighted by atomic mass is 79.9. The molecule has 5 aromatic rings. The van der Waals surface area contributed by atoms with E-state index in [0.29, 0.717) is 0 Å². The Balaban J connectivity index is 1.86. The molecule has 1 aliphatic rings. The number of benzene rings is 4. The number of hydrogen-bond donors (Lipinski definition) is 0. The van der Waals surface area contributed by atoms with Crippen LogP contribution >= 0.6 is 15.9 Å². The Morgan fingerprint density at radius 3 is 2.30 bits per heavy atom. The first-order chi connectivity index (χ1) is 14.8. The molecule has 4 aromatic carbocycles. The van der Waals surface area contributed by atoms with Crippen LogP contribution in [0.25, 0.3) is 21.9 Å². The van der Waals surface area contributed by atoms with Crippen LogP contribution < -0.4 is 0 Å². The number of pyridine rings is 1. The molecule has 0 spiro atoms. The summed E-state index contributed by atoms with van der Waals surface area (Å²) in [4.78, 5) is 4.52. The standard InChI is InChI=1S/C28H18BrN/c29-22-13-14-24-26(17-22)28(20-8-2-1-3-9-20,21-10-6-16-30-18-21)25-15-12-19-7-4-5-11-23(19)27(24)25/h1-18H. The largest absolute Gasteiger partial charge is 0.264 e. The van der Waals surface area contributed by atoms with Gasteiger partial charge in [0.15, 0.2) is 0 Å². The first-order valence-electron chi connectivity index (χ1n) is 10.1. The van der Waals surface area contributed by atoms with Gasteiger partial charge in [-0.05, 0) is 62.4 Å². The molecule has 2 heteroatoms. The molecule has 1 atom stereocenters. The van der Waals surface area contributed by atoms with Gasteiger partial charge in [0.05, 0.1) is 5.41 Å². The number of fused-ring (bicyclic) bond motifs is 5. The number of halogens is 1. The maximum absolute atomic E-state index is 4.52. The van der Waals surface area contributed by atoms with Crippen molar-refractivity contribution in [3.8, 4) is 11.1 Å². The Morgan fingerprint density at radius 2 is 1.47 bits per heavy atom. The van der Waals surface area contributed by atoms with E-state index in [0.717, 1.165) is 4.47 Å². The first kappa shape index (κ1) is 17.6. The average molecular weight is 448 g/mol. The van der Waals surface area contributed by atoms with Crippen molar-refractivity contribution in [2.45, 2.75) is 5.41 Å². The zero-order valence-electron chi connectivity index (χ0n) is 16.2. The minimum absolute atomic E-state index is 0.409. The highest BCUT2D eigenvalue weighted by Gasteiger charge is 2.46. The molecule has 0 saturated heterocycles. The molecule has 0 radical (unpaired) electrons. The summed E-state index contributed by atoms with van der Waals surface area (Å²) < 4.78 is 1.09. The third-order valence-corrected chi connectivity index (χ3v) is 6.78. The average Bonchev–Trinajstić information content (AvgIpc) is 3.11. The van der Waals surface area contributed by atoms with Crippen LogP contribution in [0, 0.1) is 0 Å². The molecule has 0 amide bonds. The maximum atomic E-state index is 4.52. The van der Waals surface area contributed by atoms with Crippen LogP contribution in [0.15, 0.2) is 114 Å². The number of nitrogens with zero attached hydrogens (tertiary/aromatic N) is 1. The molecule has 1 nitrogen and oxygen atoms in total. The minimum Gasteiger partial charge on any atom is -0.264 e. The van der Waals surface area contributed by atoms with E-state index in [1.807, 2.05) is 18.5 Å². The van der Waals surface area contributed by atoms with Crippen LogP contribution in [0.3, 0.4) is 0 Å². The van der Waals surface area contributed by atoms with Gasteiger partial charge in [-0.2, -0.15) is 0 Å². The zero-order valence-corrected chi connectivity index (χ0v) is 17.8. The summed E-state index contributed by atoms with van der Waals surface area (Å²) in [6, 6.07) is 35.0. The van der Waals surface area contributed by atoms with Gasteiger partial charge in [0.1, 0.15) is 0 Å². The molecule has 0 saturated carbocycles. The van der Waals surface area contributed by atoms with Gasteiger partial charge in [-0.25, -0.2) is 0 Å². The first-order valence-corrected chi connectivity index (χ1v) is 10.9. The van der Waals surface area contributed by atoms with Crippen LogP contribution in [-0.2, 0) is 5.41 Å². The Hall–Kier alpha value is -3.23. The SMILES string of the molecule is Brc1ccc2c(c1)C(c1ccccc1)(c1cccnc1)c1ccc3ccccc3c1-2. The van der Waals surface area contributed by atoms with E-state index in [-0.39, 0.29) is 0 Å².